The van der Waals surface area contributed by atoms with Crippen molar-refractivity contribution in [1.82, 2.24) is 19.7 Å². The fraction of sp³-hybridized carbons (Fsp3) is 0.400. The average Bonchev–Trinajstić information content (AvgIpc) is 2.98. The smallest absolute Gasteiger partial charge is 0.264 e. The van der Waals surface area contributed by atoms with Gasteiger partial charge in [-0.15, -0.1) is 0 Å². The molecule has 2 aliphatic heterocycles. The van der Waals surface area contributed by atoms with E-state index in [1.165, 1.54) is 11.4 Å². The van der Waals surface area contributed by atoms with Crippen LogP contribution in [0.1, 0.15) is 24.0 Å². The van der Waals surface area contributed by atoms with E-state index < -0.39 is 10.0 Å². The molecule has 2 fully saturated rings. The first-order chi connectivity index (χ1) is 20.1. The topological polar surface area (TPSA) is 103 Å². The standard InChI is InChI=1S/C30H36Cl2N6O3S/c1-35(25-7-5-24(31)6-8-25)42(40,41)28-4-2-3-27(32)26(28)21-37-15-17-38(18-16-37)30(39)23-10-13-36(14-11-23)20-22-9-12-34-29(33)19-22/h2-9,12,19,23H,10-11,13-18,20-21H2,1H3,(H2,33,34). The summed E-state index contributed by atoms with van der Waals surface area (Å²) >= 11 is 12.6. The first-order valence-electron chi connectivity index (χ1n) is 14.1. The third kappa shape index (κ3) is 7.01. The second-order valence-electron chi connectivity index (χ2n) is 10.9. The number of pyridine rings is 1. The molecule has 0 atom stereocenters. The molecule has 224 valence electrons. The van der Waals surface area contributed by atoms with Crippen LogP contribution in [-0.2, 0) is 27.9 Å². The lowest BCUT2D eigenvalue weighted by Crippen LogP contribution is -2.51. The molecule has 0 spiro atoms. The zero-order valence-electron chi connectivity index (χ0n) is 23.6. The van der Waals surface area contributed by atoms with Gasteiger partial charge in [-0.1, -0.05) is 29.3 Å². The summed E-state index contributed by atoms with van der Waals surface area (Å²) < 4.78 is 28.5. The van der Waals surface area contributed by atoms with Crippen molar-refractivity contribution in [3.63, 3.8) is 0 Å². The molecule has 2 N–H and O–H groups in total. The van der Waals surface area contributed by atoms with Crippen molar-refractivity contribution in [3.8, 4) is 0 Å². The number of rotatable bonds is 8. The van der Waals surface area contributed by atoms with Gasteiger partial charge in [-0.3, -0.25) is 18.9 Å². The van der Waals surface area contributed by atoms with Gasteiger partial charge < -0.3 is 10.6 Å². The molecule has 42 heavy (non-hydrogen) atoms. The minimum Gasteiger partial charge on any atom is -0.384 e. The molecule has 1 amide bonds. The Balaban J connectivity index is 1.17. The highest BCUT2D eigenvalue weighted by Crippen LogP contribution is 2.31. The van der Waals surface area contributed by atoms with Gasteiger partial charge in [-0.2, -0.15) is 0 Å². The number of likely N-dealkylation sites (tertiary alicyclic amines) is 1. The predicted molar refractivity (Wildman–Crippen MR) is 167 cm³/mol. The van der Waals surface area contributed by atoms with Crippen LogP contribution in [0.25, 0.3) is 0 Å². The van der Waals surface area contributed by atoms with Crippen LogP contribution >= 0.6 is 23.2 Å². The summed E-state index contributed by atoms with van der Waals surface area (Å²) in [6, 6.07) is 15.5. The van der Waals surface area contributed by atoms with Gasteiger partial charge in [-0.25, -0.2) is 13.4 Å². The van der Waals surface area contributed by atoms with E-state index in [1.54, 1.807) is 48.7 Å². The number of amides is 1. The van der Waals surface area contributed by atoms with E-state index >= 15 is 0 Å². The lowest BCUT2D eigenvalue weighted by Gasteiger charge is -2.39. The van der Waals surface area contributed by atoms with E-state index in [-0.39, 0.29) is 16.7 Å². The Morgan fingerprint density at radius 2 is 1.62 bits per heavy atom. The first-order valence-corrected chi connectivity index (χ1v) is 16.3. The summed E-state index contributed by atoms with van der Waals surface area (Å²) in [4.78, 5) is 24.1. The predicted octanol–water partition coefficient (Wildman–Crippen LogP) is 4.35. The van der Waals surface area contributed by atoms with Crippen LogP contribution in [0.2, 0.25) is 10.0 Å². The zero-order chi connectivity index (χ0) is 29.9. The van der Waals surface area contributed by atoms with Crippen LogP contribution in [0.5, 0.6) is 0 Å². The molecule has 5 rings (SSSR count). The summed E-state index contributed by atoms with van der Waals surface area (Å²) in [7, 11) is -2.35. The van der Waals surface area contributed by atoms with Crippen LogP contribution in [0.4, 0.5) is 11.5 Å². The van der Waals surface area contributed by atoms with Crippen LogP contribution < -0.4 is 10.0 Å². The highest BCUT2D eigenvalue weighted by Gasteiger charge is 2.32. The van der Waals surface area contributed by atoms with Gasteiger partial charge in [0.15, 0.2) is 0 Å². The Morgan fingerprint density at radius 3 is 2.29 bits per heavy atom. The number of aromatic nitrogens is 1. The monoisotopic (exact) mass is 630 g/mol. The maximum atomic E-state index is 13.6. The van der Waals surface area contributed by atoms with Crippen LogP contribution in [0.3, 0.4) is 0 Å². The number of nitrogens with zero attached hydrogens (tertiary/aromatic N) is 5. The van der Waals surface area contributed by atoms with Crippen LogP contribution in [0, 0.1) is 5.92 Å². The number of nitrogen functional groups attached to an aromatic ring is 1. The maximum Gasteiger partial charge on any atom is 0.264 e. The molecule has 0 bridgehead atoms. The highest BCUT2D eigenvalue weighted by atomic mass is 35.5. The largest absolute Gasteiger partial charge is 0.384 e. The maximum absolute atomic E-state index is 13.6. The number of hydrogen-bond acceptors (Lipinski definition) is 7. The van der Waals surface area contributed by atoms with Gasteiger partial charge >= 0.3 is 0 Å². The Bertz CT molecular complexity index is 1510. The van der Waals surface area contributed by atoms with Crippen LogP contribution in [0.15, 0.2) is 65.7 Å². The third-order valence-corrected chi connectivity index (χ3v) is 10.6. The molecule has 0 radical (unpaired) electrons. The van der Waals surface area contributed by atoms with Crippen molar-refractivity contribution in [2.45, 2.75) is 30.8 Å². The fourth-order valence-corrected chi connectivity index (χ4v) is 7.52. The average molecular weight is 632 g/mol. The van der Waals surface area contributed by atoms with E-state index in [0.29, 0.717) is 59.8 Å². The summed E-state index contributed by atoms with van der Waals surface area (Å²) in [6.45, 7) is 5.42. The number of anilines is 2. The van der Waals surface area contributed by atoms with Crippen molar-refractivity contribution in [2.24, 2.45) is 5.92 Å². The van der Waals surface area contributed by atoms with E-state index in [1.807, 2.05) is 17.0 Å². The minimum absolute atomic E-state index is 0.0269. The zero-order valence-corrected chi connectivity index (χ0v) is 26.0. The number of piperidine rings is 1. The van der Waals surface area contributed by atoms with Crippen molar-refractivity contribution < 1.29 is 13.2 Å². The number of carbonyl (C=O) groups is 1. The third-order valence-electron chi connectivity index (χ3n) is 8.16. The minimum atomic E-state index is -3.87. The van der Waals surface area contributed by atoms with Crippen LogP contribution in [-0.4, -0.2) is 80.3 Å². The van der Waals surface area contributed by atoms with E-state index in [4.69, 9.17) is 28.9 Å². The van der Waals surface area contributed by atoms with Gasteiger partial charge in [0.05, 0.1) is 10.6 Å². The molecule has 0 unspecified atom stereocenters. The normalized spacial score (nSPS) is 17.4. The summed E-state index contributed by atoms with van der Waals surface area (Å²) in [6.07, 6.45) is 3.40. The van der Waals surface area contributed by atoms with E-state index in [2.05, 4.69) is 14.8 Å². The van der Waals surface area contributed by atoms with Crippen molar-refractivity contribution >= 4 is 50.6 Å². The molecule has 0 saturated carbocycles. The summed E-state index contributed by atoms with van der Waals surface area (Å²) in [5.74, 6) is 0.765. The second kappa shape index (κ2) is 13.2. The Hall–Kier alpha value is -2.89. The quantitative estimate of drug-likeness (QED) is 0.395. The number of carbonyl (C=O) groups excluding carboxylic acids is 1. The Kier molecular flexibility index (Phi) is 9.59. The molecule has 1 aromatic heterocycles. The molecule has 0 aliphatic carbocycles. The molecular formula is C30H36Cl2N6O3S. The lowest BCUT2D eigenvalue weighted by molar-refractivity contribution is -0.139. The molecule has 2 aliphatic rings. The Labute approximate surface area is 257 Å². The molecule has 12 heteroatoms. The number of sulfonamides is 1. The highest BCUT2D eigenvalue weighted by molar-refractivity contribution is 7.92. The summed E-state index contributed by atoms with van der Waals surface area (Å²) in [5, 5.41) is 0.934. The van der Waals surface area contributed by atoms with Gasteiger partial charge in [0, 0.05) is 74.0 Å². The number of hydrogen-bond donors (Lipinski definition) is 1. The molecule has 2 saturated heterocycles. The van der Waals surface area contributed by atoms with Crippen molar-refractivity contribution in [3.05, 3.63) is 82.0 Å². The van der Waals surface area contributed by atoms with Gasteiger partial charge in [0.25, 0.3) is 10.0 Å². The van der Waals surface area contributed by atoms with Gasteiger partial charge in [0.2, 0.25) is 5.91 Å². The van der Waals surface area contributed by atoms with Gasteiger partial charge in [0.1, 0.15) is 5.82 Å². The number of nitrogens with two attached hydrogens (primary N) is 1. The SMILES string of the molecule is CN(c1ccc(Cl)cc1)S(=O)(=O)c1cccc(Cl)c1CN1CCN(C(=O)C2CCN(Cc3ccnc(N)c3)CC2)CC1. The molecule has 2 aromatic carbocycles. The molecular weight excluding hydrogens is 595 g/mol. The molecule has 9 nitrogen and oxygen atoms in total. The summed E-state index contributed by atoms with van der Waals surface area (Å²) in [5.41, 5.74) is 8.01. The van der Waals surface area contributed by atoms with Crippen molar-refractivity contribution in [1.29, 1.82) is 0 Å². The second-order valence-corrected chi connectivity index (χ2v) is 13.7. The first kappa shape index (κ1) is 30.6. The van der Waals surface area contributed by atoms with Gasteiger partial charge in [-0.05, 0) is 80.0 Å². The molecule has 3 aromatic rings. The lowest BCUT2D eigenvalue weighted by atomic mass is 9.94. The number of benzene rings is 2. The molecule has 3 heterocycles. The van der Waals surface area contributed by atoms with E-state index in [9.17, 15) is 13.2 Å². The van der Waals surface area contributed by atoms with E-state index in [0.717, 1.165) is 38.0 Å². The fourth-order valence-electron chi connectivity index (χ4n) is 5.67. The number of halogens is 2. The number of piperazine rings is 1. The van der Waals surface area contributed by atoms with Crippen molar-refractivity contribution in [2.75, 3.05) is 56.4 Å². The Morgan fingerprint density at radius 1 is 0.952 bits per heavy atom.